The van der Waals surface area contributed by atoms with E-state index in [2.05, 4.69) is 0 Å². The summed E-state index contributed by atoms with van der Waals surface area (Å²) >= 11 is 0. The topological polar surface area (TPSA) is 99.2 Å². The van der Waals surface area contributed by atoms with Crippen molar-refractivity contribution in [3.63, 3.8) is 0 Å². The lowest BCUT2D eigenvalue weighted by Crippen LogP contribution is -2.31. The summed E-state index contributed by atoms with van der Waals surface area (Å²) in [4.78, 5) is 12.8. The number of sulfonamides is 1. The molecule has 0 unspecified atom stereocenters. The molecule has 0 aromatic heterocycles. The van der Waals surface area contributed by atoms with Crippen LogP contribution in [0, 0.1) is 6.92 Å². The van der Waals surface area contributed by atoms with Crippen LogP contribution in [0.1, 0.15) is 29.8 Å². The highest BCUT2D eigenvalue weighted by Crippen LogP contribution is 2.51. The Bertz CT molecular complexity index is 1140. The van der Waals surface area contributed by atoms with Crippen LogP contribution < -0.4 is 0 Å². The molecule has 178 valence electrons. The Morgan fingerprint density at radius 3 is 2.24 bits per heavy atom. The maximum absolute atomic E-state index is 13.2. The summed E-state index contributed by atoms with van der Waals surface area (Å²) in [5.41, 5.74) is 1.61. The molecule has 0 amide bonds. The van der Waals surface area contributed by atoms with Crippen LogP contribution in [-0.4, -0.2) is 51.1 Å². The number of rotatable bonds is 9. The van der Waals surface area contributed by atoms with Gasteiger partial charge in [-0.3, -0.25) is 4.57 Å². The Labute approximate surface area is 194 Å². The molecule has 1 saturated heterocycles. The van der Waals surface area contributed by atoms with Gasteiger partial charge in [-0.25, -0.2) is 13.2 Å². The van der Waals surface area contributed by atoms with Gasteiger partial charge in [0, 0.05) is 12.4 Å². The first-order valence-electron chi connectivity index (χ1n) is 10.6. The van der Waals surface area contributed by atoms with Crippen molar-refractivity contribution in [1.82, 2.24) is 4.31 Å². The maximum atomic E-state index is 13.2. The molecule has 2 aromatic carbocycles. The van der Waals surface area contributed by atoms with E-state index in [-0.39, 0.29) is 31.2 Å². The lowest BCUT2D eigenvalue weighted by atomic mass is 10.2. The second-order valence-electron chi connectivity index (χ2n) is 7.45. The van der Waals surface area contributed by atoms with E-state index in [4.69, 9.17) is 13.8 Å². The Morgan fingerprint density at radius 2 is 1.67 bits per heavy atom. The first kappa shape index (κ1) is 25.3. The summed E-state index contributed by atoms with van der Waals surface area (Å²) < 4.78 is 57.1. The Kier molecular flexibility index (Phi) is 8.26. The molecule has 3 rings (SSSR count). The maximum Gasteiger partial charge on any atom is 0.354 e. The molecule has 0 saturated carbocycles. The molecule has 0 spiro atoms. The van der Waals surface area contributed by atoms with E-state index in [1.54, 1.807) is 56.3 Å². The number of benzene rings is 2. The Hall–Kier alpha value is -2.29. The average Bonchev–Trinajstić information content (AvgIpc) is 3.17. The second-order valence-corrected chi connectivity index (χ2v) is 11.2. The number of hydrogen-bond donors (Lipinski definition) is 0. The Balaban J connectivity index is 1.95. The normalized spacial score (nSPS) is 18.5. The number of esters is 1. The third-order valence-electron chi connectivity index (χ3n) is 5.00. The number of carbonyl (C=O) groups excluding carboxylic acids is 1. The molecule has 8 nitrogen and oxygen atoms in total. The van der Waals surface area contributed by atoms with Gasteiger partial charge in [-0.1, -0.05) is 35.9 Å². The van der Waals surface area contributed by atoms with Crippen molar-refractivity contribution in [1.29, 1.82) is 0 Å². The zero-order valence-corrected chi connectivity index (χ0v) is 20.6. The molecule has 1 heterocycles. The third-order valence-corrected chi connectivity index (χ3v) is 8.71. The Morgan fingerprint density at radius 1 is 1.06 bits per heavy atom. The van der Waals surface area contributed by atoms with E-state index in [1.807, 2.05) is 6.92 Å². The SMILES string of the molecule is CCOP(=O)(/C=C1/CN(S(=O)(=O)c2ccc(C)cc2)C[C@@H]1OC(=O)c1ccccc1)OCC. The summed E-state index contributed by atoms with van der Waals surface area (Å²) in [5, 5.41) is 0. The molecule has 33 heavy (non-hydrogen) atoms. The fraction of sp³-hybridized carbons (Fsp3) is 0.348. The van der Waals surface area contributed by atoms with E-state index < -0.39 is 29.7 Å². The predicted molar refractivity (Wildman–Crippen MR) is 125 cm³/mol. The van der Waals surface area contributed by atoms with Gasteiger partial charge in [0.25, 0.3) is 0 Å². The number of aryl methyl sites for hydroxylation is 1. The molecule has 0 aliphatic carbocycles. The van der Waals surface area contributed by atoms with Crippen molar-refractivity contribution in [2.45, 2.75) is 31.8 Å². The summed E-state index contributed by atoms with van der Waals surface area (Å²) in [6.07, 6.45) is -0.938. The average molecular weight is 494 g/mol. The van der Waals surface area contributed by atoms with E-state index >= 15 is 0 Å². The minimum absolute atomic E-state index is 0.104. The fourth-order valence-electron chi connectivity index (χ4n) is 3.40. The van der Waals surface area contributed by atoms with Crippen molar-refractivity contribution >= 4 is 23.6 Å². The van der Waals surface area contributed by atoms with Crippen LogP contribution >= 0.6 is 7.60 Å². The highest BCUT2D eigenvalue weighted by Gasteiger charge is 2.40. The minimum atomic E-state index is -3.87. The molecule has 0 N–H and O–H groups in total. The van der Waals surface area contributed by atoms with Gasteiger partial charge in [-0.2, -0.15) is 4.31 Å². The molecule has 10 heteroatoms. The molecular formula is C23H28NO7PS. The van der Waals surface area contributed by atoms with Crippen LogP contribution in [0.4, 0.5) is 0 Å². The summed E-state index contributed by atoms with van der Waals surface area (Å²) in [6.45, 7) is 5.29. The highest BCUT2D eigenvalue weighted by atomic mass is 32.2. The predicted octanol–water partition coefficient (Wildman–Crippen LogP) is 4.37. The largest absolute Gasteiger partial charge is 0.453 e. The van der Waals surface area contributed by atoms with Gasteiger partial charge in [0.05, 0.1) is 30.2 Å². The van der Waals surface area contributed by atoms with E-state index in [1.165, 1.54) is 22.3 Å². The van der Waals surface area contributed by atoms with Gasteiger partial charge in [-0.15, -0.1) is 0 Å². The van der Waals surface area contributed by atoms with Crippen LogP contribution in [0.15, 0.2) is 70.9 Å². The first-order valence-corrected chi connectivity index (χ1v) is 13.7. The molecule has 1 fully saturated rings. The van der Waals surface area contributed by atoms with Gasteiger partial charge < -0.3 is 13.8 Å². The molecular weight excluding hydrogens is 465 g/mol. The van der Waals surface area contributed by atoms with Crippen LogP contribution in [0.25, 0.3) is 0 Å². The lowest BCUT2D eigenvalue weighted by molar-refractivity contribution is 0.0391. The van der Waals surface area contributed by atoms with Crippen LogP contribution in [0.3, 0.4) is 0 Å². The smallest absolute Gasteiger partial charge is 0.354 e. The fourth-order valence-corrected chi connectivity index (χ4v) is 6.42. The summed E-state index contributed by atoms with van der Waals surface area (Å²) in [5.74, 6) is 0.678. The van der Waals surface area contributed by atoms with Crippen molar-refractivity contribution < 1.29 is 31.6 Å². The number of nitrogens with zero attached hydrogens (tertiary/aromatic N) is 1. The van der Waals surface area contributed by atoms with E-state index in [9.17, 15) is 17.8 Å². The molecule has 2 aromatic rings. The van der Waals surface area contributed by atoms with Gasteiger partial charge >= 0.3 is 13.6 Å². The number of hydrogen-bond acceptors (Lipinski definition) is 7. The zero-order valence-electron chi connectivity index (χ0n) is 18.8. The van der Waals surface area contributed by atoms with Gasteiger partial charge in [0.2, 0.25) is 10.0 Å². The van der Waals surface area contributed by atoms with Gasteiger partial charge in [-0.05, 0) is 50.6 Å². The van der Waals surface area contributed by atoms with Crippen molar-refractivity contribution in [3.8, 4) is 0 Å². The molecule has 1 aliphatic heterocycles. The standard InChI is InChI=1S/C23H28NO7PS/c1-4-29-32(26,30-5-2)17-20-15-24(33(27,28)21-13-11-18(3)12-14-21)16-22(20)31-23(25)19-9-7-6-8-10-19/h6-14,17,22H,4-5,15-16H2,1-3H3/b20-17-/t22-/m0/s1. The monoisotopic (exact) mass is 493 g/mol. The van der Waals surface area contributed by atoms with Crippen molar-refractivity contribution in [2.24, 2.45) is 0 Å². The van der Waals surface area contributed by atoms with Crippen LogP contribution in [0.2, 0.25) is 0 Å². The quantitative estimate of drug-likeness (QED) is 0.378. The van der Waals surface area contributed by atoms with Crippen LogP contribution in [-0.2, 0) is 28.4 Å². The summed E-state index contributed by atoms with van der Waals surface area (Å²) in [7, 11) is -7.53. The van der Waals surface area contributed by atoms with Crippen molar-refractivity contribution in [2.75, 3.05) is 26.3 Å². The van der Waals surface area contributed by atoms with Crippen LogP contribution in [0.5, 0.6) is 0 Å². The lowest BCUT2D eigenvalue weighted by Gasteiger charge is -2.17. The number of carbonyl (C=O) groups is 1. The molecule has 0 bridgehead atoms. The number of ether oxygens (including phenoxy) is 1. The molecule has 1 aliphatic rings. The minimum Gasteiger partial charge on any atom is -0.453 e. The zero-order chi connectivity index (χ0) is 24.1. The third kappa shape index (κ3) is 6.19. The van der Waals surface area contributed by atoms with E-state index in [0.717, 1.165) is 5.56 Å². The summed E-state index contributed by atoms with van der Waals surface area (Å²) in [6, 6.07) is 14.9. The highest BCUT2D eigenvalue weighted by molar-refractivity contribution is 7.89. The first-order chi connectivity index (χ1) is 15.7. The molecule has 0 radical (unpaired) electrons. The van der Waals surface area contributed by atoms with Gasteiger partial charge in [0.15, 0.2) is 0 Å². The van der Waals surface area contributed by atoms with Gasteiger partial charge in [0.1, 0.15) is 6.10 Å². The second kappa shape index (κ2) is 10.8. The van der Waals surface area contributed by atoms with Crippen molar-refractivity contribution in [3.05, 3.63) is 77.1 Å². The van der Waals surface area contributed by atoms with E-state index in [0.29, 0.717) is 11.1 Å². The molecule has 1 atom stereocenters.